The van der Waals surface area contributed by atoms with Gasteiger partial charge in [-0.3, -0.25) is 0 Å². The Kier molecular flexibility index (Phi) is 4.77. The first-order valence-corrected chi connectivity index (χ1v) is 5.44. The van der Waals surface area contributed by atoms with Crippen LogP contribution in [-0.2, 0) is 4.74 Å². The molecule has 0 aliphatic rings. The lowest BCUT2D eigenvalue weighted by atomic mass is 9.99. The Morgan fingerprint density at radius 2 is 2.00 bits per heavy atom. The van der Waals surface area contributed by atoms with E-state index in [2.05, 4.69) is 0 Å². The zero-order valence-electron chi connectivity index (χ0n) is 10.4. The molecule has 2 unspecified atom stereocenters. The molecule has 0 radical (unpaired) electrons. The lowest BCUT2D eigenvalue weighted by Gasteiger charge is -2.17. The van der Waals surface area contributed by atoms with Crippen LogP contribution in [0.1, 0.15) is 30.6 Å². The Hall–Kier alpha value is -1.06. The number of methoxy groups -OCH3 is 2. The molecular weight excluding hydrogens is 204 g/mol. The molecule has 0 aliphatic carbocycles. The van der Waals surface area contributed by atoms with Crippen molar-refractivity contribution in [2.75, 3.05) is 14.2 Å². The van der Waals surface area contributed by atoms with Crippen LogP contribution < -0.4 is 4.74 Å². The van der Waals surface area contributed by atoms with E-state index in [4.69, 9.17) is 9.47 Å². The van der Waals surface area contributed by atoms with Gasteiger partial charge in [0.2, 0.25) is 0 Å². The van der Waals surface area contributed by atoms with E-state index in [9.17, 15) is 5.11 Å². The van der Waals surface area contributed by atoms with Crippen LogP contribution in [0.25, 0.3) is 0 Å². The zero-order chi connectivity index (χ0) is 12.1. The van der Waals surface area contributed by atoms with Crippen LogP contribution in [0.4, 0.5) is 0 Å². The van der Waals surface area contributed by atoms with Crippen LogP contribution in [0.3, 0.4) is 0 Å². The van der Waals surface area contributed by atoms with Gasteiger partial charge in [0.15, 0.2) is 0 Å². The van der Waals surface area contributed by atoms with Crippen molar-refractivity contribution >= 4 is 0 Å². The van der Waals surface area contributed by atoms with Gasteiger partial charge in [0, 0.05) is 13.5 Å². The van der Waals surface area contributed by atoms with E-state index in [1.165, 1.54) is 0 Å². The lowest BCUT2D eigenvalue weighted by Crippen LogP contribution is -2.11. The van der Waals surface area contributed by atoms with E-state index in [-0.39, 0.29) is 6.10 Å². The first-order chi connectivity index (χ1) is 7.58. The van der Waals surface area contributed by atoms with E-state index in [1.54, 1.807) is 14.2 Å². The average molecular weight is 224 g/mol. The van der Waals surface area contributed by atoms with Gasteiger partial charge < -0.3 is 14.6 Å². The molecule has 0 spiro atoms. The largest absolute Gasteiger partial charge is 0.497 e. The van der Waals surface area contributed by atoms with Crippen molar-refractivity contribution in [2.45, 2.75) is 32.5 Å². The number of benzene rings is 1. The van der Waals surface area contributed by atoms with Crippen molar-refractivity contribution in [1.29, 1.82) is 0 Å². The van der Waals surface area contributed by atoms with Crippen molar-refractivity contribution in [3.05, 3.63) is 29.3 Å². The van der Waals surface area contributed by atoms with Crippen molar-refractivity contribution in [1.82, 2.24) is 0 Å². The van der Waals surface area contributed by atoms with Crippen molar-refractivity contribution in [2.24, 2.45) is 0 Å². The molecule has 0 bridgehead atoms. The normalized spacial score (nSPS) is 14.6. The van der Waals surface area contributed by atoms with E-state index in [0.717, 1.165) is 16.9 Å². The molecular formula is C13H20O3. The second-order valence-corrected chi connectivity index (χ2v) is 4.02. The molecule has 0 aliphatic heterocycles. The van der Waals surface area contributed by atoms with E-state index >= 15 is 0 Å². The highest BCUT2D eigenvalue weighted by atomic mass is 16.5. The first-order valence-electron chi connectivity index (χ1n) is 5.44. The van der Waals surface area contributed by atoms with Crippen molar-refractivity contribution < 1.29 is 14.6 Å². The molecule has 16 heavy (non-hydrogen) atoms. The topological polar surface area (TPSA) is 38.7 Å². The molecule has 1 aromatic rings. The fourth-order valence-electron chi connectivity index (χ4n) is 1.69. The van der Waals surface area contributed by atoms with Gasteiger partial charge in [-0.2, -0.15) is 0 Å². The highest BCUT2D eigenvalue weighted by molar-refractivity contribution is 5.36. The first kappa shape index (κ1) is 13.0. The van der Waals surface area contributed by atoms with Gasteiger partial charge in [0.1, 0.15) is 5.75 Å². The third kappa shape index (κ3) is 3.22. The van der Waals surface area contributed by atoms with Crippen LogP contribution in [0.15, 0.2) is 18.2 Å². The average Bonchev–Trinajstić information content (AvgIpc) is 2.28. The molecule has 0 aromatic heterocycles. The number of rotatable bonds is 5. The fourth-order valence-corrected chi connectivity index (χ4v) is 1.69. The van der Waals surface area contributed by atoms with Gasteiger partial charge in [0.25, 0.3) is 0 Å². The molecule has 0 fully saturated rings. The van der Waals surface area contributed by atoms with Gasteiger partial charge in [-0.1, -0.05) is 6.07 Å². The summed E-state index contributed by atoms with van der Waals surface area (Å²) in [5, 5.41) is 10.0. The third-order valence-corrected chi connectivity index (χ3v) is 2.79. The molecule has 3 heteroatoms. The summed E-state index contributed by atoms with van der Waals surface area (Å²) < 4.78 is 10.3. The molecule has 90 valence electrons. The summed E-state index contributed by atoms with van der Waals surface area (Å²) in [6.07, 6.45) is 0.168. The van der Waals surface area contributed by atoms with Gasteiger partial charge >= 0.3 is 0 Å². The Morgan fingerprint density at radius 3 is 2.50 bits per heavy atom. The number of aliphatic hydroxyl groups excluding tert-OH is 1. The maximum Gasteiger partial charge on any atom is 0.119 e. The Bertz CT molecular complexity index is 336. The van der Waals surface area contributed by atoms with Crippen molar-refractivity contribution in [3.63, 3.8) is 0 Å². The summed E-state index contributed by atoms with van der Waals surface area (Å²) in [6.45, 7) is 3.92. The summed E-state index contributed by atoms with van der Waals surface area (Å²) in [5.41, 5.74) is 1.97. The Labute approximate surface area is 97.0 Å². The number of hydrogen-bond donors (Lipinski definition) is 1. The number of ether oxygens (including phenoxy) is 2. The van der Waals surface area contributed by atoms with Gasteiger partial charge in [-0.25, -0.2) is 0 Å². The second-order valence-electron chi connectivity index (χ2n) is 4.02. The summed E-state index contributed by atoms with van der Waals surface area (Å²) in [6, 6.07) is 5.69. The summed E-state index contributed by atoms with van der Waals surface area (Å²) in [7, 11) is 3.29. The van der Waals surface area contributed by atoms with E-state index in [1.807, 2.05) is 32.0 Å². The Morgan fingerprint density at radius 1 is 1.31 bits per heavy atom. The number of hydrogen-bond acceptors (Lipinski definition) is 3. The fraction of sp³-hybridized carbons (Fsp3) is 0.538. The summed E-state index contributed by atoms with van der Waals surface area (Å²) in [5.74, 6) is 0.813. The molecule has 1 N–H and O–H groups in total. The summed E-state index contributed by atoms with van der Waals surface area (Å²) >= 11 is 0. The minimum Gasteiger partial charge on any atom is -0.497 e. The molecule has 2 atom stereocenters. The molecule has 0 heterocycles. The van der Waals surface area contributed by atoms with Crippen LogP contribution >= 0.6 is 0 Å². The van der Waals surface area contributed by atoms with Gasteiger partial charge in [0.05, 0.1) is 19.3 Å². The van der Waals surface area contributed by atoms with E-state index in [0.29, 0.717) is 6.42 Å². The Balaban J connectivity index is 2.79. The van der Waals surface area contributed by atoms with E-state index < -0.39 is 6.10 Å². The van der Waals surface area contributed by atoms with Crippen LogP contribution in [-0.4, -0.2) is 25.4 Å². The highest BCUT2D eigenvalue weighted by Gasteiger charge is 2.14. The monoisotopic (exact) mass is 224 g/mol. The molecule has 3 nitrogen and oxygen atoms in total. The van der Waals surface area contributed by atoms with Crippen molar-refractivity contribution in [3.8, 4) is 5.75 Å². The van der Waals surface area contributed by atoms with Gasteiger partial charge in [-0.05, 0) is 37.1 Å². The third-order valence-electron chi connectivity index (χ3n) is 2.79. The van der Waals surface area contributed by atoms with Crippen LogP contribution in [0.5, 0.6) is 5.75 Å². The van der Waals surface area contributed by atoms with Crippen LogP contribution in [0, 0.1) is 6.92 Å². The molecule has 1 rings (SSSR count). The zero-order valence-corrected chi connectivity index (χ0v) is 10.4. The minimum atomic E-state index is -0.485. The molecule has 1 aromatic carbocycles. The predicted molar refractivity (Wildman–Crippen MR) is 63.8 cm³/mol. The highest BCUT2D eigenvalue weighted by Crippen LogP contribution is 2.25. The quantitative estimate of drug-likeness (QED) is 0.835. The predicted octanol–water partition coefficient (Wildman–Crippen LogP) is 2.46. The van der Waals surface area contributed by atoms with Crippen LogP contribution in [0.2, 0.25) is 0 Å². The smallest absolute Gasteiger partial charge is 0.119 e. The molecule has 0 saturated carbocycles. The molecule has 0 amide bonds. The lowest BCUT2D eigenvalue weighted by molar-refractivity contribution is 0.0557. The molecule has 0 saturated heterocycles. The van der Waals surface area contributed by atoms with Gasteiger partial charge in [-0.15, -0.1) is 0 Å². The maximum absolute atomic E-state index is 10.0. The SMILES string of the molecule is COc1ccc(C(O)CC(C)OC)c(C)c1. The number of aryl methyl sites for hydroxylation is 1. The standard InChI is InChI=1S/C13H20O3/c1-9-7-11(16-4)5-6-12(9)13(14)8-10(2)15-3/h5-7,10,13-14H,8H2,1-4H3. The second kappa shape index (κ2) is 5.87. The summed E-state index contributed by atoms with van der Waals surface area (Å²) in [4.78, 5) is 0. The maximum atomic E-state index is 10.0. The number of aliphatic hydroxyl groups is 1. The minimum absolute atomic E-state index is 0.0523.